The number of halogens is 2. The lowest BCUT2D eigenvalue weighted by atomic mass is 10.0. The molecule has 1 unspecified atom stereocenters. The fourth-order valence-electron chi connectivity index (χ4n) is 2.43. The fraction of sp³-hybridized carbons (Fsp3) is 0.412. The third kappa shape index (κ3) is 4.15. The summed E-state index contributed by atoms with van der Waals surface area (Å²) in [6.45, 7) is 8.06. The molecule has 1 aliphatic heterocycles. The zero-order chi connectivity index (χ0) is 17.0. The van der Waals surface area contributed by atoms with E-state index in [1.165, 1.54) is 12.1 Å². The highest BCUT2D eigenvalue weighted by atomic mass is 19.1. The average Bonchev–Trinajstić information content (AvgIpc) is 2.94. The van der Waals surface area contributed by atoms with Gasteiger partial charge in [0.2, 0.25) is 5.91 Å². The van der Waals surface area contributed by atoms with Gasteiger partial charge >= 0.3 is 0 Å². The molecule has 124 valence electrons. The van der Waals surface area contributed by atoms with Gasteiger partial charge in [0, 0.05) is 30.5 Å². The van der Waals surface area contributed by atoms with E-state index < -0.39 is 11.6 Å². The van der Waals surface area contributed by atoms with Crippen molar-refractivity contribution in [3.8, 4) is 0 Å². The highest BCUT2D eigenvalue weighted by molar-refractivity contribution is 6.01. The third-order valence-corrected chi connectivity index (χ3v) is 3.55. The highest BCUT2D eigenvalue weighted by Gasteiger charge is 2.28. The maximum atomic E-state index is 13.8. The maximum Gasteiger partial charge on any atom is 0.225 e. The van der Waals surface area contributed by atoms with Gasteiger partial charge in [-0.3, -0.25) is 4.79 Å². The van der Waals surface area contributed by atoms with Crippen LogP contribution in [0, 0.1) is 17.6 Å². The SMILES string of the molecule is C=CCN(CC1CC(c2ccc(F)cc2F)=NO1)C(=O)C(C)C. The van der Waals surface area contributed by atoms with Crippen LogP contribution in [-0.2, 0) is 9.63 Å². The Morgan fingerprint density at radius 3 is 2.87 bits per heavy atom. The molecule has 4 nitrogen and oxygen atoms in total. The van der Waals surface area contributed by atoms with Crippen molar-refractivity contribution in [3.63, 3.8) is 0 Å². The van der Waals surface area contributed by atoms with Gasteiger partial charge in [0.1, 0.15) is 11.6 Å². The van der Waals surface area contributed by atoms with Crippen molar-refractivity contribution in [2.75, 3.05) is 13.1 Å². The van der Waals surface area contributed by atoms with Gasteiger partial charge in [-0.05, 0) is 12.1 Å². The molecule has 0 aliphatic carbocycles. The summed E-state index contributed by atoms with van der Waals surface area (Å²) >= 11 is 0. The molecule has 2 rings (SSSR count). The first-order valence-electron chi connectivity index (χ1n) is 7.50. The zero-order valence-corrected chi connectivity index (χ0v) is 13.3. The lowest BCUT2D eigenvalue weighted by molar-refractivity contribution is -0.135. The molecule has 0 fully saturated rings. The molecule has 0 aromatic heterocycles. The number of carbonyl (C=O) groups is 1. The topological polar surface area (TPSA) is 41.9 Å². The monoisotopic (exact) mass is 322 g/mol. The van der Waals surface area contributed by atoms with Gasteiger partial charge in [0.05, 0.1) is 12.3 Å². The van der Waals surface area contributed by atoms with Gasteiger partial charge in [-0.25, -0.2) is 8.78 Å². The fourth-order valence-corrected chi connectivity index (χ4v) is 2.43. The van der Waals surface area contributed by atoms with Gasteiger partial charge in [-0.15, -0.1) is 6.58 Å². The van der Waals surface area contributed by atoms with Crippen LogP contribution in [0.25, 0.3) is 0 Å². The molecule has 1 atom stereocenters. The number of oxime groups is 1. The predicted molar refractivity (Wildman–Crippen MR) is 84.0 cm³/mol. The van der Waals surface area contributed by atoms with Crippen LogP contribution in [0.4, 0.5) is 8.78 Å². The first-order chi connectivity index (χ1) is 10.9. The molecule has 0 saturated carbocycles. The second kappa shape index (κ2) is 7.35. The molecular weight excluding hydrogens is 302 g/mol. The minimum atomic E-state index is -0.672. The molecule has 0 bridgehead atoms. The van der Waals surface area contributed by atoms with E-state index in [2.05, 4.69) is 11.7 Å². The Morgan fingerprint density at radius 1 is 1.52 bits per heavy atom. The summed E-state index contributed by atoms with van der Waals surface area (Å²) < 4.78 is 26.8. The molecule has 0 N–H and O–H groups in total. The smallest absolute Gasteiger partial charge is 0.225 e. The first kappa shape index (κ1) is 17.1. The standard InChI is InChI=1S/C17H20F2N2O2/c1-4-7-21(17(22)11(2)3)10-13-9-16(20-23-13)14-6-5-12(18)8-15(14)19/h4-6,8,11,13H,1,7,9-10H2,2-3H3. The molecule has 6 heteroatoms. The van der Waals surface area contributed by atoms with E-state index in [1.54, 1.807) is 11.0 Å². The summed E-state index contributed by atoms with van der Waals surface area (Å²) in [5, 5.41) is 3.89. The molecule has 23 heavy (non-hydrogen) atoms. The lowest BCUT2D eigenvalue weighted by Gasteiger charge is -2.25. The van der Waals surface area contributed by atoms with Crippen LogP contribution in [-0.4, -0.2) is 35.7 Å². The largest absolute Gasteiger partial charge is 0.390 e. The van der Waals surface area contributed by atoms with Crippen molar-refractivity contribution in [2.24, 2.45) is 11.1 Å². The first-order valence-corrected chi connectivity index (χ1v) is 7.50. The van der Waals surface area contributed by atoms with E-state index in [0.29, 0.717) is 25.2 Å². The van der Waals surface area contributed by atoms with E-state index in [4.69, 9.17) is 4.84 Å². The van der Waals surface area contributed by atoms with Gasteiger partial charge in [0.15, 0.2) is 6.10 Å². The number of benzene rings is 1. The molecular formula is C17H20F2N2O2. The number of amides is 1. The molecule has 1 aliphatic rings. The van der Waals surface area contributed by atoms with Crippen LogP contribution in [0.15, 0.2) is 36.0 Å². The average molecular weight is 322 g/mol. The minimum absolute atomic E-state index is 0.00471. The van der Waals surface area contributed by atoms with Gasteiger partial charge in [0.25, 0.3) is 0 Å². The van der Waals surface area contributed by atoms with Gasteiger partial charge in [-0.2, -0.15) is 0 Å². The van der Waals surface area contributed by atoms with E-state index in [0.717, 1.165) is 6.07 Å². The molecule has 1 amide bonds. The summed E-state index contributed by atoms with van der Waals surface area (Å²) in [6.07, 6.45) is 1.66. The van der Waals surface area contributed by atoms with Crippen molar-refractivity contribution >= 4 is 11.6 Å². The Bertz CT molecular complexity index is 629. The van der Waals surface area contributed by atoms with Crippen LogP contribution < -0.4 is 0 Å². The highest BCUT2D eigenvalue weighted by Crippen LogP contribution is 2.21. The molecule has 0 saturated heterocycles. The molecule has 0 spiro atoms. The minimum Gasteiger partial charge on any atom is -0.390 e. The summed E-state index contributed by atoms with van der Waals surface area (Å²) in [4.78, 5) is 19.1. The Kier molecular flexibility index (Phi) is 5.47. The quantitative estimate of drug-likeness (QED) is 0.755. The van der Waals surface area contributed by atoms with Crippen molar-refractivity contribution in [3.05, 3.63) is 48.1 Å². The van der Waals surface area contributed by atoms with Crippen LogP contribution >= 0.6 is 0 Å². The number of hydrogen-bond acceptors (Lipinski definition) is 3. The van der Waals surface area contributed by atoms with Crippen molar-refractivity contribution < 1.29 is 18.4 Å². The van der Waals surface area contributed by atoms with Crippen molar-refractivity contribution in [1.29, 1.82) is 0 Å². The molecule has 1 aromatic rings. The van der Waals surface area contributed by atoms with Crippen LogP contribution in [0.1, 0.15) is 25.8 Å². The van der Waals surface area contributed by atoms with E-state index >= 15 is 0 Å². The van der Waals surface area contributed by atoms with E-state index in [1.807, 2.05) is 13.8 Å². The lowest BCUT2D eigenvalue weighted by Crippen LogP contribution is -2.40. The van der Waals surface area contributed by atoms with Crippen molar-refractivity contribution in [2.45, 2.75) is 26.4 Å². The predicted octanol–water partition coefficient (Wildman–Crippen LogP) is 3.13. The number of carbonyl (C=O) groups excluding carboxylic acids is 1. The van der Waals surface area contributed by atoms with Gasteiger partial charge < -0.3 is 9.74 Å². The van der Waals surface area contributed by atoms with Gasteiger partial charge in [-0.1, -0.05) is 25.1 Å². The number of nitrogens with zero attached hydrogens (tertiary/aromatic N) is 2. The summed E-state index contributed by atoms with van der Waals surface area (Å²) in [6, 6.07) is 3.34. The Balaban J connectivity index is 2.03. The molecule has 1 heterocycles. The van der Waals surface area contributed by atoms with E-state index in [-0.39, 0.29) is 23.5 Å². The molecule has 0 radical (unpaired) electrons. The summed E-state index contributed by atoms with van der Waals surface area (Å²) in [7, 11) is 0. The van der Waals surface area contributed by atoms with Crippen LogP contribution in [0.3, 0.4) is 0 Å². The second-order valence-electron chi connectivity index (χ2n) is 5.78. The summed E-state index contributed by atoms with van der Waals surface area (Å²) in [5.74, 6) is -1.45. The Hall–Kier alpha value is -2.24. The maximum absolute atomic E-state index is 13.8. The Labute approximate surface area is 134 Å². The van der Waals surface area contributed by atoms with Crippen LogP contribution in [0.2, 0.25) is 0 Å². The summed E-state index contributed by atoms with van der Waals surface area (Å²) in [5.41, 5.74) is 0.641. The normalized spacial score (nSPS) is 16.9. The van der Waals surface area contributed by atoms with Crippen LogP contribution in [0.5, 0.6) is 0 Å². The Morgan fingerprint density at radius 2 is 2.26 bits per heavy atom. The second-order valence-corrected chi connectivity index (χ2v) is 5.78. The number of rotatable bonds is 6. The number of hydrogen-bond donors (Lipinski definition) is 0. The van der Waals surface area contributed by atoms with E-state index in [9.17, 15) is 13.6 Å². The third-order valence-electron chi connectivity index (χ3n) is 3.55. The zero-order valence-electron chi connectivity index (χ0n) is 13.3. The molecule has 1 aromatic carbocycles. The van der Waals surface area contributed by atoms with Crippen molar-refractivity contribution in [1.82, 2.24) is 4.90 Å².